The maximum Gasteiger partial charge on any atom is 0.0638 e. The molecule has 0 aliphatic heterocycles. The van der Waals surface area contributed by atoms with Crippen molar-refractivity contribution in [2.75, 3.05) is 11.9 Å². The fraction of sp³-hybridized carbons (Fsp3) is 0.111. The maximum atomic E-state index is 5.97. The normalized spacial score (nSPS) is 9.77. The number of nitrogens with one attached hydrogen (secondary N) is 1. The zero-order valence-electron chi connectivity index (χ0n) is 6.78. The molecule has 70 valence electrons. The zero-order chi connectivity index (χ0) is 9.84. The minimum atomic E-state index is 0.680. The first kappa shape index (κ1) is 11.3. The fourth-order valence-corrected chi connectivity index (χ4v) is 1.64. The highest BCUT2D eigenvalue weighted by Crippen LogP contribution is 2.24. The fourth-order valence-electron chi connectivity index (χ4n) is 0.824. The van der Waals surface area contributed by atoms with Crippen LogP contribution in [0.1, 0.15) is 0 Å². The molecule has 0 heterocycles. The molecule has 0 aliphatic carbocycles. The van der Waals surface area contributed by atoms with Crippen molar-refractivity contribution >= 4 is 55.8 Å². The van der Waals surface area contributed by atoms with Gasteiger partial charge in [-0.1, -0.05) is 34.1 Å². The van der Waals surface area contributed by atoms with Crippen molar-refractivity contribution < 1.29 is 0 Å². The smallest absolute Gasteiger partial charge is 0.0638 e. The van der Waals surface area contributed by atoms with E-state index < -0.39 is 0 Å². The van der Waals surface area contributed by atoms with Crippen molar-refractivity contribution in [1.29, 1.82) is 0 Å². The summed E-state index contributed by atoms with van der Waals surface area (Å²) >= 11 is 11.5. The van der Waals surface area contributed by atoms with Gasteiger partial charge in [0.1, 0.15) is 0 Å². The Hall–Kier alpha value is 0.260. The lowest BCUT2D eigenvalue weighted by molar-refractivity contribution is 1.32. The number of rotatable bonds is 3. The molecule has 1 aromatic carbocycles. The van der Waals surface area contributed by atoms with Crippen LogP contribution in [0, 0.1) is 3.57 Å². The molecule has 13 heavy (non-hydrogen) atoms. The average Bonchev–Trinajstić information content (AvgIpc) is 2.06. The van der Waals surface area contributed by atoms with E-state index in [-0.39, 0.29) is 0 Å². The van der Waals surface area contributed by atoms with Crippen LogP contribution in [0.5, 0.6) is 0 Å². The highest BCUT2D eigenvalue weighted by molar-refractivity contribution is 14.1. The van der Waals surface area contributed by atoms with Gasteiger partial charge >= 0.3 is 0 Å². The lowest BCUT2D eigenvalue weighted by atomic mass is 10.3. The Bertz CT molecular complexity index is 327. The molecule has 1 rings (SSSR count). The molecule has 0 saturated carbocycles. The van der Waals surface area contributed by atoms with Gasteiger partial charge in [0.05, 0.1) is 10.7 Å². The molecule has 0 fully saturated rings. The number of anilines is 1. The highest BCUT2D eigenvalue weighted by atomic mass is 127. The Labute approximate surface area is 105 Å². The van der Waals surface area contributed by atoms with Crippen LogP contribution >= 0.6 is 50.1 Å². The van der Waals surface area contributed by atoms with E-state index in [2.05, 4.69) is 50.4 Å². The van der Waals surface area contributed by atoms with Gasteiger partial charge in [0, 0.05) is 14.6 Å². The Balaban J connectivity index is 2.75. The van der Waals surface area contributed by atoms with Crippen LogP contribution in [0.15, 0.2) is 29.3 Å². The lowest BCUT2D eigenvalue weighted by Gasteiger charge is -2.07. The van der Waals surface area contributed by atoms with Crippen LogP contribution in [0.25, 0.3) is 0 Å². The van der Waals surface area contributed by atoms with Gasteiger partial charge in [-0.05, 0) is 40.8 Å². The average molecular weight is 372 g/mol. The van der Waals surface area contributed by atoms with Crippen molar-refractivity contribution in [3.8, 4) is 0 Å². The summed E-state index contributed by atoms with van der Waals surface area (Å²) in [5.74, 6) is 0. The molecule has 0 atom stereocenters. The van der Waals surface area contributed by atoms with Gasteiger partial charge < -0.3 is 5.32 Å². The third kappa shape index (κ3) is 3.87. The first-order chi connectivity index (χ1) is 6.09. The van der Waals surface area contributed by atoms with Crippen LogP contribution in [0.2, 0.25) is 5.02 Å². The van der Waals surface area contributed by atoms with Gasteiger partial charge in [-0.2, -0.15) is 0 Å². The first-order valence-corrected chi connectivity index (χ1v) is 5.87. The molecule has 0 aromatic heterocycles. The van der Waals surface area contributed by atoms with E-state index in [1.54, 1.807) is 0 Å². The van der Waals surface area contributed by atoms with Gasteiger partial charge in [0.15, 0.2) is 0 Å². The minimum absolute atomic E-state index is 0.680. The topological polar surface area (TPSA) is 12.0 Å². The monoisotopic (exact) mass is 371 g/mol. The van der Waals surface area contributed by atoms with E-state index in [1.807, 2.05) is 18.2 Å². The Morgan fingerprint density at radius 3 is 2.92 bits per heavy atom. The molecule has 0 radical (unpaired) electrons. The molecule has 0 bridgehead atoms. The van der Waals surface area contributed by atoms with Crippen molar-refractivity contribution in [3.05, 3.63) is 37.9 Å². The van der Waals surface area contributed by atoms with Crippen LogP contribution < -0.4 is 5.32 Å². The van der Waals surface area contributed by atoms with Gasteiger partial charge in [-0.25, -0.2) is 0 Å². The lowest BCUT2D eigenvalue weighted by Crippen LogP contribution is -2.01. The predicted molar refractivity (Wildman–Crippen MR) is 70.7 cm³/mol. The molecular weight excluding hydrogens is 364 g/mol. The summed E-state index contributed by atoms with van der Waals surface area (Å²) in [7, 11) is 0. The molecule has 1 N–H and O–H groups in total. The molecule has 1 aromatic rings. The van der Waals surface area contributed by atoms with E-state index in [0.29, 0.717) is 6.54 Å². The summed E-state index contributed by atoms with van der Waals surface area (Å²) in [6, 6.07) is 5.85. The molecule has 0 spiro atoms. The predicted octanol–water partition coefficient (Wildman–Crippen LogP) is 4.27. The summed E-state index contributed by atoms with van der Waals surface area (Å²) in [6.45, 7) is 4.41. The van der Waals surface area contributed by atoms with Gasteiger partial charge in [-0.3, -0.25) is 0 Å². The Morgan fingerprint density at radius 2 is 2.31 bits per heavy atom. The highest BCUT2D eigenvalue weighted by Gasteiger charge is 1.99. The molecule has 1 nitrogen and oxygen atoms in total. The van der Waals surface area contributed by atoms with Crippen molar-refractivity contribution in [2.24, 2.45) is 0 Å². The van der Waals surface area contributed by atoms with Crippen LogP contribution in [-0.2, 0) is 0 Å². The second kappa shape index (κ2) is 5.22. The molecular formula is C9H8BrClIN. The summed E-state index contributed by atoms with van der Waals surface area (Å²) < 4.78 is 2.06. The third-order valence-corrected chi connectivity index (χ3v) is 2.68. The van der Waals surface area contributed by atoms with Gasteiger partial charge in [0.25, 0.3) is 0 Å². The van der Waals surface area contributed by atoms with Crippen molar-refractivity contribution in [2.45, 2.75) is 0 Å². The van der Waals surface area contributed by atoms with E-state index in [1.165, 1.54) is 0 Å². The zero-order valence-corrected chi connectivity index (χ0v) is 11.3. The standard InChI is InChI=1S/C9H8BrClIN/c1-6(10)5-13-9-4-7(12)2-3-8(9)11/h2-4,13H,1,5H2. The van der Waals surface area contributed by atoms with Crippen molar-refractivity contribution in [1.82, 2.24) is 0 Å². The van der Waals surface area contributed by atoms with Crippen molar-refractivity contribution in [3.63, 3.8) is 0 Å². The van der Waals surface area contributed by atoms with E-state index in [4.69, 9.17) is 11.6 Å². The Kier molecular flexibility index (Phi) is 4.55. The number of hydrogen-bond donors (Lipinski definition) is 1. The number of hydrogen-bond acceptors (Lipinski definition) is 1. The van der Waals surface area contributed by atoms with Gasteiger partial charge in [-0.15, -0.1) is 0 Å². The third-order valence-electron chi connectivity index (χ3n) is 1.40. The van der Waals surface area contributed by atoms with E-state index in [0.717, 1.165) is 18.8 Å². The summed E-state index contributed by atoms with van der Waals surface area (Å²) in [5.41, 5.74) is 0.939. The molecule has 0 amide bonds. The largest absolute Gasteiger partial charge is 0.379 e. The van der Waals surface area contributed by atoms with E-state index >= 15 is 0 Å². The van der Waals surface area contributed by atoms with Crippen LogP contribution in [-0.4, -0.2) is 6.54 Å². The second-order valence-corrected chi connectivity index (χ2v) is 5.27. The summed E-state index contributed by atoms with van der Waals surface area (Å²) in [5, 5.41) is 3.90. The van der Waals surface area contributed by atoms with E-state index in [9.17, 15) is 0 Å². The van der Waals surface area contributed by atoms with Crippen LogP contribution in [0.3, 0.4) is 0 Å². The first-order valence-electron chi connectivity index (χ1n) is 3.62. The molecule has 0 saturated heterocycles. The number of benzene rings is 1. The molecule has 0 aliphatic rings. The molecule has 0 unspecified atom stereocenters. The SMILES string of the molecule is C=C(Br)CNc1cc(I)ccc1Cl. The maximum absolute atomic E-state index is 5.97. The van der Waals surface area contributed by atoms with Gasteiger partial charge in [0.2, 0.25) is 0 Å². The Morgan fingerprint density at radius 1 is 1.62 bits per heavy atom. The number of halogens is 3. The summed E-state index contributed by atoms with van der Waals surface area (Å²) in [4.78, 5) is 0. The minimum Gasteiger partial charge on any atom is -0.379 e. The molecule has 4 heteroatoms. The second-order valence-electron chi connectivity index (χ2n) is 2.49. The summed E-state index contributed by atoms with van der Waals surface area (Å²) in [6.07, 6.45) is 0. The quantitative estimate of drug-likeness (QED) is 0.782. The van der Waals surface area contributed by atoms with Crippen LogP contribution in [0.4, 0.5) is 5.69 Å².